The monoisotopic (exact) mass is 491 g/mol. The normalized spacial score (nSPS) is 15.2. The van der Waals surface area contributed by atoms with E-state index in [1.807, 2.05) is 43.3 Å². The van der Waals surface area contributed by atoms with Crippen molar-refractivity contribution in [2.75, 3.05) is 7.11 Å². The molecule has 1 unspecified atom stereocenters. The minimum absolute atomic E-state index is 0.0597. The first-order valence-electron chi connectivity index (χ1n) is 11.1. The number of methoxy groups -OCH3 is 1. The zero-order valence-corrected chi connectivity index (χ0v) is 20.2. The Kier molecular flexibility index (Phi) is 7.62. The maximum Gasteiger partial charge on any atom is 0.251 e. The molecule has 1 heterocycles. The zero-order chi connectivity index (χ0) is 24.8. The summed E-state index contributed by atoms with van der Waals surface area (Å²) in [7, 11) is 1.53. The number of hydrogen-bond donors (Lipinski definition) is 3. The molecule has 0 aliphatic carbocycles. The number of amides is 1. The molecule has 180 valence electrons. The number of halogens is 1. The van der Waals surface area contributed by atoms with Crippen LogP contribution < -0.4 is 25.4 Å². The summed E-state index contributed by atoms with van der Waals surface area (Å²) < 4.78 is 25.3. The molecule has 35 heavy (non-hydrogen) atoms. The topological polar surface area (TPSA) is 71.6 Å². The first-order valence-corrected chi connectivity index (χ1v) is 11.5. The maximum absolute atomic E-state index is 14.0. The summed E-state index contributed by atoms with van der Waals surface area (Å²) >= 11 is 5.36. The van der Waals surface area contributed by atoms with Gasteiger partial charge in [-0.05, 0) is 48.5 Å². The predicted molar refractivity (Wildman–Crippen MR) is 136 cm³/mol. The molecular formula is C27H26FN3O3S. The summed E-state index contributed by atoms with van der Waals surface area (Å²) in [5.74, 6) is 0.388. The quantitative estimate of drug-likeness (QED) is 0.403. The third kappa shape index (κ3) is 5.78. The number of rotatable bonds is 8. The van der Waals surface area contributed by atoms with Crippen LogP contribution in [0.2, 0.25) is 0 Å². The van der Waals surface area contributed by atoms with Gasteiger partial charge >= 0.3 is 0 Å². The second-order valence-corrected chi connectivity index (χ2v) is 8.44. The Morgan fingerprint density at radius 2 is 1.80 bits per heavy atom. The first-order chi connectivity index (χ1) is 17.0. The molecule has 0 saturated carbocycles. The standard InChI is InChI=1S/C27H26FN3O3S/c1-17-24(26(32)29-15-18-8-4-3-5-9-18)25(31-27(35)30-17)19-12-13-22(23(14-19)33-2)34-16-20-10-6-7-11-21(20)28/h3-14,25H,15-16H2,1-2H3,(H,29,32)(H2,30,31,35). The Morgan fingerprint density at radius 1 is 1.06 bits per heavy atom. The van der Waals surface area contributed by atoms with E-state index in [0.29, 0.717) is 40.0 Å². The van der Waals surface area contributed by atoms with Crippen LogP contribution in [-0.4, -0.2) is 18.1 Å². The van der Waals surface area contributed by atoms with Crippen molar-refractivity contribution in [2.45, 2.75) is 26.1 Å². The Bertz CT molecular complexity index is 1260. The number of ether oxygens (including phenoxy) is 2. The molecule has 1 atom stereocenters. The summed E-state index contributed by atoms with van der Waals surface area (Å²) in [4.78, 5) is 13.2. The average Bonchev–Trinajstić information content (AvgIpc) is 2.87. The van der Waals surface area contributed by atoms with Crippen LogP contribution >= 0.6 is 12.2 Å². The highest BCUT2D eigenvalue weighted by molar-refractivity contribution is 7.80. The fourth-order valence-corrected chi connectivity index (χ4v) is 4.14. The molecule has 6 nitrogen and oxygen atoms in total. The lowest BCUT2D eigenvalue weighted by atomic mass is 9.94. The highest BCUT2D eigenvalue weighted by Crippen LogP contribution is 2.34. The van der Waals surface area contributed by atoms with E-state index in [4.69, 9.17) is 21.7 Å². The van der Waals surface area contributed by atoms with Crippen molar-refractivity contribution < 1.29 is 18.7 Å². The number of carbonyl (C=O) groups is 1. The van der Waals surface area contributed by atoms with Gasteiger partial charge in [-0.2, -0.15) is 0 Å². The third-order valence-electron chi connectivity index (χ3n) is 5.67. The summed E-state index contributed by atoms with van der Waals surface area (Å²) in [6, 6.07) is 21.0. The van der Waals surface area contributed by atoms with Crippen LogP contribution in [0.4, 0.5) is 4.39 Å². The molecule has 1 amide bonds. The van der Waals surface area contributed by atoms with Crippen molar-refractivity contribution in [2.24, 2.45) is 0 Å². The van der Waals surface area contributed by atoms with Crippen molar-refractivity contribution in [1.82, 2.24) is 16.0 Å². The molecule has 0 fully saturated rings. The number of thiocarbonyl (C=S) groups is 1. The van der Waals surface area contributed by atoms with E-state index in [1.165, 1.54) is 13.2 Å². The van der Waals surface area contributed by atoms with Gasteiger partial charge in [-0.15, -0.1) is 0 Å². The average molecular weight is 492 g/mol. The van der Waals surface area contributed by atoms with Gasteiger partial charge in [-0.3, -0.25) is 4.79 Å². The third-order valence-corrected chi connectivity index (χ3v) is 5.89. The Morgan fingerprint density at radius 3 is 2.54 bits per heavy atom. The largest absolute Gasteiger partial charge is 0.493 e. The molecule has 1 aliphatic heterocycles. The Labute approximate surface area is 209 Å². The van der Waals surface area contributed by atoms with E-state index in [9.17, 15) is 9.18 Å². The molecule has 8 heteroatoms. The van der Waals surface area contributed by atoms with Gasteiger partial charge in [0.25, 0.3) is 5.91 Å². The lowest BCUT2D eigenvalue weighted by Crippen LogP contribution is -2.46. The number of hydrogen-bond acceptors (Lipinski definition) is 4. The zero-order valence-electron chi connectivity index (χ0n) is 19.4. The van der Waals surface area contributed by atoms with Gasteiger partial charge in [0, 0.05) is 17.8 Å². The van der Waals surface area contributed by atoms with E-state index >= 15 is 0 Å². The molecule has 4 rings (SSSR count). The highest BCUT2D eigenvalue weighted by atomic mass is 32.1. The van der Waals surface area contributed by atoms with Gasteiger partial charge in [0.15, 0.2) is 16.6 Å². The van der Waals surface area contributed by atoms with Gasteiger partial charge in [-0.1, -0.05) is 54.6 Å². The van der Waals surface area contributed by atoms with Crippen LogP contribution in [0.1, 0.15) is 29.7 Å². The molecule has 3 aromatic rings. The lowest BCUT2D eigenvalue weighted by molar-refractivity contribution is -0.118. The van der Waals surface area contributed by atoms with Gasteiger partial charge < -0.3 is 25.4 Å². The Hall–Kier alpha value is -3.91. The number of benzene rings is 3. The van der Waals surface area contributed by atoms with E-state index in [2.05, 4.69) is 16.0 Å². The molecule has 0 saturated heterocycles. The van der Waals surface area contributed by atoms with Gasteiger partial charge in [0.1, 0.15) is 12.4 Å². The van der Waals surface area contributed by atoms with Crippen LogP contribution in [0.15, 0.2) is 84.1 Å². The number of nitrogens with one attached hydrogen (secondary N) is 3. The number of carbonyl (C=O) groups excluding carboxylic acids is 1. The van der Waals surface area contributed by atoms with Crippen molar-refractivity contribution in [3.8, 4) is 11.5 Å². The van der Waals surface area contributed by atoms with E-state index in [-0.39, 0.29) is 18.3 Å². The van der Waals surface area contributed by atoms with E-state index in [0.717, 1.165) is 11.1 Å². The van der Waals surface area contributed by atoms with Gasteiger partial charge in [-0.25, -0.2) is 4.39 Å². The lowest BCUT2D eigenvalue weighted by Gasteiger charge is -2.30. The summed E-state index contributed by atoms with van der Waals surface area (Å²) in [6.45, 7) is 2.28. The summed E-state index contributed by atoms with van der Waals surface area (Å²) in [5.41, 5.74) is 3.41. The second kappa shape index (κ2) is 11.0. The smallest absolute Gasteiger partial charge is 0.251 e. The van der Waals surface area contributed by atoms with Crippen LogP contribution in [-0.2, 0) is 17.9 Å². The summed E-state index contributed by atoms with van der Waals surface area (Å²) in [5, 5.41) is 9.63. The van der Waals surface area contributed by atoms with Crippen LogP contribution in [0.5, 0.6) is 11.5 Å². The van der Waals surface area contributed by atoms with Crippen molar-refractivity contribution >= 4 is 23.2 Å². The molecule has 3 aromatic carbocycles. The summed E-state index contributed by atoms with van der Waals surface area (Å²) in [6.07, 6.45) is 0. The van der Waals surface area contributed by atoms with Crippen LogP contribution in [0.25, 0.3) is 0 Å². The van der Waals surface area contributed by atoms with Crippen molar-refractivity contribution in [3.05, 3.63) is 107 Å². The molecule has 0 aromatic heterocycles. The maximum atomic E-state index is 14.0. The van der Waals surface area contributed by atoms with E-state index < -0.39 is 6.04 Å². The SMILES string of the molecule is COc1cc(C2NC(=S)NC(C)=C2C(=O)NCc2ccccc2)ccc1OCc1ccccc1F. The first kappa shape index (κ1) is 24.2. The molecule has 3 N–H and O–H groups in total. The van der Waals surface area contributed by atoms with Crippen molar-refractivity contribution in [1.29, 1.82) is 0 Å². The molecular weight excluding hydrogens is 465 g/mol. The number of allylic oxidation sites excluding steroid dienone is 1. The second-order valence-electron chi connectivity index (χ2n) is 8.03. The van der Waals surface area contributed by atoms with Gasteiger partial charge in [0.2, 0.25) is 0 Å². The predicted octanol–water partition coefficient (Wildman–Crippen LogP) is 4.52. The van der Waals surface area contributed by atoms with Crippen molar-refractivity contribution in [3.63, 3.8) is 0 Å². The van der Waals surface area contributed by atoms with Crippen LogP contribution in [0, 0.1) is 5.82 Å². The fourth-order valence-electron chi connectivity index (χ4n) is 3.87. The highest BCUT2D eigenvalue weighted by Gasteiger charge is 2.30. The Balaban J connectivity index is 1.56. The molecule has 0 radical (unpaired) electrons. The molecule has 0 spiro atoms. The molecule has 1 aliphatic rings. The van der Waals surface area contributed by atoms with Crippen LogP contribution in [0.3, 0.4) is 0 Å². The minimum Gasteiger partial charge on any atom is -0.493 e. The minimum atomic E-state index is -0.492. The fraction of sp³-hybridized carbons (Fsp3) is 0.185. The van der Waals surface area contributed by atoms with Gasteiger partial charge in [0.05, 0.1) is 18.7 Å². The van der Waals surface area contributed by atoms with E-state index in [1.54, 1.807) is 30.3 Å². The molecule has 0 bridgehead atoms.